The van der Waals surface area contributed by atoms with Crippen molar-refractivity contribution in [2.24, 2.45) is 11.8 Å². The number of aliphatic hydroxyl groups excluding tert-OH is 1. The van der Waals surface area contributed by atoms with Crippen LogP contribution in [0.2, 0.25) is 0 Å². The lowest BCUT2D eigenvalue weighted by molar-refractivity contribution is 0.149. The Morgan fingerprint density at radius 2 is 1.91 bits per heavy atom. The summed E-state index contributed by atoms with van der Waals surface area (Å²) in [6, 6.07) is 0. The van der Waals surface area contributed by atoms with Gasteiger partial charge in [0.25, 0.3) is 0 Å². The van der Waals surface area contributed by atoms with Gasteiger partial charge in [-0.1, -0.05) is 26.2 Å². The van der Waals surface area contributed by atoms with E-state index >= 15 is 0 Å². The van der Waals surface area contributed by atoms with Gasteiger partial charge < -0.3 is 5.11 Å². The van der Waals surface area contributed by atoms with Crippen molar-refractivity contribution in [3.8, 4) is 0 Å². The van der Waals surface area contributed by atoms with Gasteiger partial charge in [-0.05, 0) is 31.6 Å². The summed E-state index contributed by atoms with van der Waals surface area (Å²) < 4.78 is 0. The van der Waals surface area contributed by atoms with Gasteiger partial charge in [0.2, 0.25) is 0 Å². The van der Waals surface area contributed by atoms with Crippen molar-refractivity contribution in [1.29, 1.82) is 0 Å². The van der Waals surface area contributed by atoms with Crippen molar-refractivity contribution in [2.75, 3.05) is 0 Å². The maximum atomic E-state index is 9.07. The molecule has 0 aromatic rings. The molecule has 0 aliphatic heterocycles. The Bertz CT molecular complexity index is 105. The highest BCUT2D eigenvalue weighted by Crippen LogP contribution is 2.35. The third-order valence-corrected chi connectivity index (χ3v) is 2.99. The lowest BCUT2D eigenvalue weighted by Crippen LogP contribution is -2.20. The zero-order valence-corrected chi connectivity index (χ0v) is 7.71. The molecule has 0 spiro atoms. The van der Waals surface area contributed by atoms with Gasteiger partial charge in [0, 0.05) is 0 Å². The smallest absolute Gasteiger partial charge is 0.0512 e. The average Bonchev–Trinajstić information content (AvgIpc) is 1.79. The van der Waals surface area contributed by atoms with Gasteiger partial charge in [0.1, 0.15) is 0 Å². The highest BCUT2D eigenvalue weighted by atomic mass is 16.3. The molecule has 11 heavy (non-hydrogen) atoms. The lowest BCUT2D eigenvalue weighted by atomic mass is 9.75. The van der Waals surface area contributed by atoms with Crippen LogP contribution in [0.15, 0.2) is 0 Å². The molecule has 2 unspecified atom stereocenters. The molecule has 0 bridgehead atoms. The Morgan fingerprint density at radius 1 is 1.27 bits per heavy atom. The van der Waals surface area contributed by atoms with E-state index in [9.17, 15) is 0 Å². The molecule has 1 aliphatic carbocycles. The van der Waals surface area contributed by atoms with E-state index in [1.165, 1.54) is 25.7 Å². The molecule has 2 atom stereocenters. The van der Waals surface area contributed by atoms with Crippen molar-refractivity contribution in [3.63, 3.8) is 0 Å². The minimum Gasteiger partial charge on any atom is -0.393 e. The molecule has 1 nitrogen and oxygen atoms in total. The predicted molar refractivity (Wildman–Crippen MR) is 47.4 cm³/mol. The summed E-state index contributed by atoms with van der Waals surface area (Å²) in [7, 11) is 0. The van der Waals surface area contributed by atoms with Crippen LogP contribution in [-0.2, 0) is 0 Å². The van der Waals surface area contributed by atoms with Crippen LogP contribution in [0.5, 0.6) is 0 Å². The Balaban J connectivity index is 2.05. The highest BCUT2D eigenvalue weighted by Gasteiger charge is 2.23. The second-order valence-electron chi connectivity index (χ2n) is 4.09. The van der Waals surface area contributed by atoms with Crippen LogP contribution in [0.4, 0.5) is 0 Å². The summed E-state index contributed by atoms with van der Waals surface area (Å²) in [5.74, 6) is 1.83. The Hall–Kier alpha value is -0.0400. The molecular weight excluding hydrogens is 136 g/mol. The highest BCUT2D eigenvalue weighted by molar-refractivity contribution is 4.75. The molecule has 1 rings (SSSR count). The van der Waals surface area contributed by atoms with Gasteiger partial charge in [0.15, 0.2) is 0 Å². The maximum absolute atomic E-state index is 9.07. The van der Waals surface area contributed by atoms with Gasteiger partial charge in [-0.3, -0.25) is 0 Å². The van der Waals surface area contributed by atoms with E-state index in [0.717, 1.165) is 18.3 Å². The maximum Gasteiger partial charge on any atom is 0.0512 e. The minimum atomic E-state index is -0.0995. The van der Waals surface area contributed by atoms with Crippen molar-refractivity contribution >= 4 is 0 Å². The van der Waals surface area contributed by atoms with Gasteiger partial charge in [-0.15, -0.1) is 0 Å². The molecule has 0 radical (unpaired) electrons. The van der Waals surface area contributed by atoms with Crippen LogP contribution >= 0.6 is 0 Å². The molecule has 1 aliphatic rings. The first-order chi connectivity index (χ1) is 5.20. The summed E-state index contributed by atoms with van der Waals surface area (Å²) in [6.07, 6.45) is 6.39. The van der Waals surface area contributed by atoms with Crippen LogP contribution in [0.25, 0.3) is 0 Å². The van der Waals surface area contributed by atoms with E-state index in [1.807, 2.05) is 6.92 Å². The van der Waals surface area contributed by atoms with Crippen molar-refractivity contribution in [2.45, 2.75) is 52.1 Å². The van der Waals surface area contributed by atoms with Crippen LogP contribution in [-0.4, -0.2) is 11.2 Å². The molecule has 1 N–H and O–H groups in total. The van der Waals surface area contributed by atoms with Crippen LogP contribution in [0.3, 0.4) is 0 Å². The zero-order valence-electron chi connectivity index (χ0n) is 7.71. The van der Waals surface area contributed by atoms with Crippen molar-refractivity contribution in [3.05, 3.63) is 0 Å². The Morgan fingerprint density at radius 3 is 2.27 bits per heavy atom. The molecule has 0 aromatic carbocycles. The SMILES string of the molecule is CC(O)CCC(C)C1CCC1. The normalized spacial score (nSPS) is 24.3. The molecule has 1 heteroatoms. The molecule has 0 amide bonds. The predicted octanol–water partition coefficient (Wildman–Crippen LogP) is 2.58. The van der Waals surface area contributed by atoms with Gasteiger partial charge in [0.05, 0.1) is 6.10 Å². The van der Waals surface area contributed by atoms with Crippen LogP contribution < -0.4 is 0 Å². The van der Waals surface area contributed by atoms with Gasteiger partial charge in [-0.25, -0.2) is 0 Å². The lowest BCUT2D eigenvalue weighted by Gasteiger charge is -2.31. The Kier molecular flexibility index (Phi) is 3.38. The second kappa shape index (κ2) is 4.10. The number of hydrogen-bond donors (Lipinski definition) is 1. The number of hydrogen-bond acceptors (Lipinski definition) is 1. The third kappa shape index (κ3) is 2.82. The number of rotatable bonds is 4. The number of aliphatic hydroxyl groups is 1. The van der Waals surface area contributed by atoms with Gasteiger partial charge >= 0.3 is 0 Å². The first-order valence-corrected chi connectivity index (χ1v) is 4.88. The monoisotopic (exact) mass is 156 g/mol. The fraction of sp³-hybridized carbons (Fsp3) is 1.00. The van der Waals surface area contributed by atoms with E-state index in [0.29, 0.717) is 0 Å². The quantitative estimate of drug-likeness (QED) is 0.663. The summed E-state index contributed by atoms with van der Waals surface area (Å²) in [5, 5.41) is 9.07. The second-order valence-corrected chi connectivity index (χ2v) is 4.09. The molecule has 1 fully saturated rings. The minimum absolute atomic E-state index is 0.0995. The van der Waals surface area contributed by atoms with E-state index < -0.39 is 0 Å². The van der Waals surface area contributed by atoms with Gasteiger partial charge in [-0.2, -0.15) is 0 Å². The third-order valence-electron chi connectivity index (χ3n) is 2.99. The molecule has 0 aromatic heterocycles. The van der Waals surface area contributed by atoms with Crippen molar-refractivity contribution < 1.29 is 5.11 Å². The summed E-state index contributed by atoms with van der Waals surface area (Å²) in [5.41, 5.74) is 0. The van der Waals surface area contributed by atoms with E-state index in [1.54, 1.807) is 0 Å². The molecule has 0 saturated heterocycles. The van der Waals surface area contributed by atoms with E-state index in [4.69, 9.17) is 5.11 Å². The first-order valence-electron chi connectivity index (χ1n) is 4.88. The average molecular weight is 156 g/mol. The summed E-state index contributed by atoms with van der Waals surface area (Å²) in [4.78, 5) is 0. The molecule has 0 heterocycles. The summed E-state index contributed by atoms with van der Waals surface area (Å²) >= 11 is 0. The summed E-state index contributed by atoms with van der Waals surface area (Å²) in [6.45, 7) is 4.21. The topological polar surface area (TPSA) is 20.2 Å². The zero-order chi connectivity index (χ0) is 8.27. The Labute approximate surface area is 69.8 Å². The van der Waals surface area contributed by atoms with Crippen LogP contribution in [0, 0.1) is 11.8 Å². The van der Waals surface area contributed by atoms with Crippen LogP contribution in [0.1, 0.15) is 46.0 Å². The molecule has 1 saturated carbocycles. The molecular formula is C10H20O. The van der Waals surface area contributed by atoms with Crippen molar-refractivity contribution in [1.82, 2.24) is 0 Å². The fourth-order valence-corrected chi connectivity index (χ4v) is 1.75. The molecule has 66 valence electrons. The largest absolute Gasteiger partial charge is 0.393 e. The first kappa shape index (κ1) is 9.05. The fourth-order valence-electron chi connectivity index (χ4n) is 1.75. The van der Waals surface area contributed by atoms with E-state index in [2.05, 4.69) is 6.92 Å². The standard InChI is InChI=1S/C10H20O/c1-8(6-7-9(2)11)10-4-3-5-10/h8-11H,3-7H2,1-2H3. The van der Waals surface area contributed by atoms with E-state index in [-0.39, 0.29) is 6.10 Å².